The monoisotopic (exact) mass is 236 g/mol. The van der Waals surface area contributed by atoms with Crippen LogP contribution in [0.3, 0.4) is 0 Å². The van der Waals surface area contributed by atoms with Crippen molar-refractivity contribution in [3.8, 4) is 0 Å². The van der Waals surface area contributed by atoms with Crippen molar-refractivity contribution in [1.82, 2.24) is 0 Å². The number of carbonyl (C=O) groups is 2. The maximum absolute atomic E-state index is 11.2. The molecule has 0 aromatic rings. The molecule has 0 radical (unpaired) electrons. The van der Waals surface area contributed by atoms with Crippen LogP contribution in [0.25, 0.3) is 0 Å². The van der Waals surface area contributed by atoms with E-state index in [2.05, 4.69) is 9.78 Å². The minimum absolute atomic E-state index is 0.774. The summed E-state index contributed by atoms with van der Waals surface area (Å²) in [5.74, 6) is -2.31. The smallest absolute Gasteiger partial charge is 0.347 e. The van der Waals surface area contributed by atoms with Crippen molar-refractivity contribution in [3.05, 3.63) is 0 Å². The van der Waals surface area contributed by atoms with Gasteiger partial charge in [-0.15, -0.1) is 0 Å². The van der Waals surface area contributed by atoms with Crippen LogP contribution in [-0.2, 0) is 19.4 Å². The van der Waals surface area contributed by atoms with Gasteiger partial charge in [-0.25, -0.2) is 9.59 Å². The van der Waals surface area contributed by atoms with Gasteiger partial charge in [-0.3, -0.25) is 4.89 Å². The highest BCUT2D eigenvalue weighted by Gasteiger charge is 2.32. The van der Waals surface area contributed by atoms with Crippen LogP contribution >= 0.6 is 0 Å². The van der Waals surface area contributed by atoms with Crippen molar-refractivity contribution in [2.75, 3.05) is 6.61 Å². The van der Waals surface area contributed by atoms with Crippen LogP contribution in [0.4, 0.5) is 0 Å². The second-order valence-electron chi connectivity index (χ2n) is 4.23. The van der Waals surface area contributed by atoms with E-state index in [0.29, 0.717) is 0 Å². The van der Waals surface area contributed by atoms with E-state index in [1.165, 1.54) is 0 Å². The summed E-state index contributed by atoms with van der Waals surface area (Å²) in [6, 6.07) is 0. The molecule has 7 heteroatoms. The van der Waals surface area contributed by atoms with Gasteiger partial charge in [-0.05, 0) is 20.8 Å². The maximum Gasteiger partial charge on any atom is 0.347 e. The number of aliphatic carboxylic acids is 1. The Hall–Kier alpha value is -1.18. The fraction of sp³-hybridized carbons (Fsp3) is 0.778. The lowest BCUT2D eigenvalue weighted by molar-refractivity contribution is -0.313. The summed E-state index contributed by atoms with van der Waals surface area (Å²) in [6.07, 6.45) is -3.47. The van der Waals surface area contributed by atoms with E-state index in [1.54, 1.807) is 20.8 Å². The van der Waals surface area contributed by atoms with Crippen molar-refractivity contribution >= 4 is 11.9 Å². The predicted octanol–water partition coefficient (Wildman–Crippen LogP) is -0.686. The predicted molar refractivity (Wildman–Crippen MR) is 51.1 cm³/mol. The first-order valence-electron chi connectivity index (χ1n) is 4.59. The minimum atomic E-state index is -1.81. The number of hydrogen-bond acceptors (Lipinski definition) is 6. The van der Waals surface area contributed by atoms with Crippen molar-refractivity contribution in [2.45, 2.75) is 33.0 Å². The Morgan fingerprint density at radius 3 is 2.12 bits per heavy atom. The lowest BCUT2D eigenvalue weighted by atomic mass is 9.98. The summed E-state index contributed by atoms with van der Waals surface area (Å²) in [5, 5.41) is 26.2. The third kappa shape index (κ3) is 4.56. The number of carbonyl (C=O) groups excluding carboxylic acids is 1. The molecule has 0 rings (SSSR count). The van der Waals surface area contributed by atoms with Crippen LogP contribution in [0.15, 0.2) is 0 Å². The molecule has 0 spiro atoms. The molecule has 2 atom stereocenters. The van der Waals surface area contributed by atoms with Crippen LogP contribution in [0.5, 0.6) is 0 Å². The summed E-state index contributed by atoms with van der Waals surface area (Å²) in [5.41, 5.74) is -0.854. The average Bonchev–Trinajstić information content (AvgIpc) is 2.15. The van der Waals surface area contributed by atoms with Crippen molar-refractivity contribution in [3.63, 3.8) is 0 Å². The third-order valence-electron chi connectivity index (χ3n) is 1.62. The molecule has 0 bridgehead atoms. The molecule has 2 unspecified atom stereocenters. The highest BCUT2D eigenvalue weighted by Crippen LogP contribution is 2.16. The van der Waals surface area contributed by atoms with E-state index in [4.69, 9.17) is 15.3 Å². The van der Waals surface area contributed by atoms with E-state index in [9.17, 15) is 9.59 Å². The zero-order valence-electron chi connectivity index (χ0n) is 9.34. The van der Waals surface area contributed by atoms with Gasteiger partial charge < -0.3 is 15.3 Å². The Bertz CT molecular complexity index is 255. The summed E-state index contributed by atoms with van der Waals surface area (Å²) in [7, 11) is 0. The highest BCUT2D eigenvalue weighted by atomic mass is 17.2. The van der Waals surface area contributed by atoms with E-state index >= 15 is 0 Å². The largest absolute Gasteiger partial charge is 0.479 e. The Balaban J connectivity index is 4.35. The fourth-order valence-electron chi connectivity index (χ4n) is 0.586. The summed E-state index contributed by atoms with van der Waals surface area (Å²) in [6.45, 7) is 3.84. The van der Waals surface area contributed by atoms with Crippen LogP contribution in [-0.4, -0.2) is 46.1 Å². The van der Waals surface area contributed by atoms with Crippen molar-refractivity contribution in [1.29, 1.82) is 0 Å². The molecular weight excluding hydrogens is 220 g/mol. The Morgan fingerprint density at radius 1 is 1.31 bits per heavy atom. The van der Waals surface area contributed by atoms with Crippen molar-refractivity contribution in [2.24, 2.45) is 5.41 Å². The van der Waals surface area contributed by atoms with Gasteiger partial charge in [0.05, 0.1) is 12.0 Å². The molecule has 3 N–H and O–H groups in total. The molecular formula is C9H16O7. The number of aliphatic hydroxyl groups excluding tert-OH is 2. The Labute approximate surface area is 92.5 Å². The molecule has 0 amide bonds. The number of carboxylic acid groups (broad SMARTS) is 1. The van der Waals surface area contributed by atoms with Crippen molar-refractivity contribution < 1.29 is 34.7 Å². The number of hydrogen-bond donors (Lipinski definition) is 3. The van der Waals surface area contributed by atoms with E-state index < -0.39 is 36.2 Å². The lowest BCUT2D eigenvalue weighted by Gasteiger charge is -2.19. The molecule has 0 fully saturated rings. The van der Waals surface area contributed by atoms with Gasteiger partial charge in [0.15, 0.2) is 0 Å². The second-order valence-corrected chi connectivity index (χ2v) is 4.23. The zero-order chi connectivity index (χ0) is 12.9. The van der Waals surface area contributed by atoms with Gasteiger partial charge in [-0.2, -0.15) is 4.89 Å². The van der Waals surface area contributed by atoms with E-state index in [1.807, 2.05) is 0 Å². The Morgan fingerprint density at radius 2 is 1.81 bits per heavy atom. The molecule has 0 aromatic heterocycles. The third-order valence-corrected chi connectivity index (χ3v) is 1.62. The minimum Gasteiger partial charge on any atom is -0.479 e. The number of carboxylic acids is 1. The molecule has 0 aliphatic carbocycles. The molecule has 0 saturated heterocycles. The number of aliphatic hydroxyl groups is 2. The van der Waals surface area contributed by atoms with Crippen LogP contribution < -0.4 is 0 Å². The maximum atomic E-state index is 11.2. The molecule has 0 heterocycles. The molecule has 0 aliphatic heterocycles. The first-order chi connectivity index (χ1) is 7.20. The van der Waals surface area contributed by atoms with Gasteiger partial charge in [0.1, 0.15) is 6.10 Å². The highest BCUT2D eigenvalue weighted by molar-refractivity contribution is 5.75. The quantitative estimate of drug-likeness (QED) is 0.428. The molecule has 0 saturated carbocycles. The van der Waals surface area contributed by atoms with E-state index in [-0.39, 0.29) is 0 Å². The topological polar surface area (TPSA) is 113 Å². The molecule has 94 valence electrons. The van der Waals surface area contributed by atoms with Gasteiger partial charge in [0.2, 0.25) is 6.10 Å². The normalized spacial score (nSPS) is 15.3. The van der Waals surface area contributed by atoms with Gasteiger partial charge in [0, 0.05) is 0 Å². The van der Waals surface area contributed by atoms with Crippen LogP contribution in [0, 0.1) is 5.41 Å². The second kappa shape index (κ2) is 5.78. The molecule has 0 aliphatic rings. The van der Waals surface area contributed by atoms with E-state index in [0.717, 1.165) is 0 Å². The van der Waals surface area contributed by atoms with Crippen LogP contribution in [0.2, 0.25) is 0 Å². The Kier molecular flexibility index (Phi) is 5.36. The molecule has 7 nitrogen and oxygen atoms in total. The average molecular weight is 236 g/mol. The molecule has 16 heavy (non-hydrogen) atoms. The number of rotatable bonds is 5. The standard InChI is InChI=1S/C9H16O7/c1-9(2,3)8(14)16-15-6(7(12)13)5(11)4-10/h5-6,10-11H,4H2,1-3H3,(H,12,13). The lowest BCUT2D eigenvalue weighted by Crippen LogP contribution is -2.40. The first kappa shape index (κ1) is 14.8. The first-order valence-corrected chi connectivity index (χ1v) is 4.59. The fourth-order valence-corrected chi connectivity index (χ4v) is 0.586. The summed E-state index contributed by atoms with van der Waals surface area (Å²) < 4.78 is 0. The zero-order valence-corrected chi connectivity index (χ0v) is 9.34. The van der Waals surface area contributed by atoms with Gasteiger partial charge >= 0.3 is 11.9 Å². The van der Waals surface area contributed by atoms with Crippen LogP contribution in [0.1, 0.15) is 20.8 Å². The summed E-state index contributed by atoms with van der Waals surface area (Å²) >= 11 is 0. The summed E-state index contributed by atoms with van der Waals surface area (Å²) in [4.78, 5) is 30.3. The molecule has 0 aromatic carbocycles. The van der Waals surface area contributed by atoms with Gasteiger partial charge in [0.25, 0.3) is 0 Å². The SMILES string of the molecule is CC(C)(C)C(=O)OOC(C(=O)O)C(O)CO. The van der Waals surface area contributed by atoms with Gasteiger partial charge in [-0.1, -0.05) is 0 Å².